The molecule has 0 bridgehead atoms. The average molecular weight is 268 g/mol. The molecular formula is C16H16N2O2. The smallest absolute Gasteiger partial charge is 0.337 e. The van der Waals surface area contributed by atoms with Crippen LogP contribution in [0.25, 0.3) is 0 Å². The monoisotopic (exact) mass is 268 g/mol. The molecule has 0 fully saturated rings. The molecule has 4 heteroatoms. The van der Waals surface area contributed by atoms with Gasteiger partial charge in [0.05, 0.1) is 5.56 Å². The average Bonchev–Trinajstić information content (AvgIpc) is 2.85. The number of carbonyl (C=O) groups is 1. The summed E-state index contributed by atoms with van der Waals surface area (Å²) in [5.41, 5.74) is 10.5. The number of carboxylic acids is 1. The number of aromatic carboxylic acids is 1. The van der Waals surface area contributed by atoms with E-state index >= 15 is 0 Å². The lowest BCUT2D eigenvalue weighted by molar-refractivity contribution is 0.0698. The number of para-hydroxylation sites is 1. The normalized spacial score (nSPS) is 13.3. The SMILES string of the molecule is Cc1cc(N2CCc3ccccc32)cc(C(=O)O)c1N. The largest absolute Gasteiger partial charge is 0.478 e. The molecule has 0 unspecified atom stereocenters. The summed E-state index contributed by atoms with van der Waals surface area (Å²) in [4.78, 5) is 13.4. The minimum Gasteiger partial charge on any atom is -0.478 e. The molecule has 0 radical (unpaired) electrons. The lowest BCUT2D eigenvalue weighted by Crippen LogP contribution is -2.15. The van der Waals surface area contributed by atoms with E-state index in [1.807, 2.05) is 25.1 Å². The Balaban J connectivity index is 2.11. The Kier molecular flexibility index (Phi) is 2.86. The third-order valence-corrected chi connectivity index (χ3v) is 3.80. The first-order valence-corrected chi connectivity index (χ1v) is 6.57. The molecule has 0 saturated heterocycles. The number of hydrogen-bond acceptors (Lipinski definition) is 3. The van der Waals surface area contributed by atoms with Crippen molar-refractivity contribution in [3.05, 3.63) is 53.1 Å². The highest BCUT2D eigenvalue weighted by atomic mass is 16.4. The van der Waals surface area contributed by atoms with E-state index in [4.69, 9.17) is 5.73 Å². The molecule has 20 heavy (non-hydrogen) atoms. The van der Waals surface area contributed by atoms with Crippen LogP contribution in [0.1, 0.15) is 21.5 Å². The second-order valence-corrected chi connectivity index (χ2v) is 5.06. The van der Waals surface area contributed by atoms with Crippen molar-refractivity contribution in [1.82, 2.24) is 0 Å². The highest BCUT2D eigenvalue weighted by molar-refractivity contribution is 5.96. The third-order valence-electron chi connectivity index (χ3n) is 3.80. The summed E-state index contributed by atoms with van der Waals surface area (Å²) in [6, 6.07) is 11.8. The number of benzene rings is 2. The van der Waals surface area contributed by atoms with Crippen LogP contribution >= 0.6 is 0 Å². The Morgan fingerprint density at radius 3 is 2.80 bits per heavy atom. The van der Waals surface area contributed by atoms with Crippen molar-refractivity contribution in [2.24, 2.45) is 0 Å². The van der Waals surface area contributed by atoms with E-state index in [0.717, 1.165) is 29.9 Å². The summed E-state index contributed by atoms with van der Waals surface area (Å²) >= 11 is 0. The van der Waals surface area contributed by atoms with Crippen LogP contribution in [0.15, 0.2) is 36.4 Å². The summed E-state index contributed by atoms with van der Waals surface area (Å²) in [7, 11) is 0. The van der Waals surface area contributed by atoms with Crippen LogP contribution in [-0.4, -0.2) is 17.6 Å². The first-order valence-electron chi connectivity index (χ1n) is 6.57. The van der Waals surface area contributed by atoms with Gasteiger partial charge in [-0.3, -0.25) is 0 Å². The Morgan fingerprint density at radius 1 is 1.30 bits per heavy atom. The van der Waals surface area contributed by atoms with Crippen molar-refractivity contribution in [1.29, 1.82) is 0 Å². The van der Waals surface area contributed by atoms with Crippen molar-refractivity contribution in [3.8, 4) is 0 Å². The fraction of sp³-hybridized carbons (Fsp3) is 0.188. The third kappa shape index (κ3) is 1.90. The van der Waals surface area contributed by atoms with Crippen molar-refractivity contribution in [3.63, 3.8) is 0 Å². The minimum absolute atomic E-state index is 0.171. The van der Waals surface area contributed by atoms with Crippen molar-refractivity contribution < 1.29 is 9.90 Å². The van der Waals surface area contributed by atoms with Crippen LogP contribution in [0.2, 0.25) is 0 Å². The number of hydrogen-bond donors (Lipinski definition) is 2. The Labute approximate surface area is 117 Å². The Bertz CT molecular complexity index is 695. The molecule has 3 N–H and O–H groups in total. The first-order chi connectivity index (χ1) is 9.58. The first kappa shape index (κ1) is 12.5. The summed E-state index contributed by atoms with van der Waals surface area (Å²) < 4.78 is 0. The zero-order valence-electron chi connectivity index (χ0n) is 11.3. The fourth-order valence-corrected chi connectivity index (χ4v) is 2.72. The zero-order valence-corrected chi connectivity index (χ0v) is 11.3. The standard InChI is InChI=1S/C16H16N2O2/c1-10-8-12(9-13(15(10)17)16(19)20)18-7-6-11-4-2-3-5-14(11)18/h2-5,8-9H,6-7,17H2,1H3,(H,19,20). The van der Waals surface area contributed by atoms with Gasteiger partial charge in [-0.2, -0.15) is 0 Å². The maximum Gasteiger partial charge on any atom is 0.337 e. The van der Waals surface area contributed by atoms with Gasteiger partial charge in [-0.05, 0) is 42.7 Å². The van der Waals surface area contributed by atoms with E-state index in [0.29, 0.717) is 5.69 Å². The lowest BCUT2D eigenvalue weighted by Gasteiger charge is -2.21. The Morgan fingerprint density at radius 2 is 2.05 bits per heavy atom. The summed E-state index contributed by atoms with van der Waals surface area (Å²) in [6.07, 6.45) is 0.974. The van der Waals surface area contributed by atoms with Gasteiger partial charge >= 0.3 is 5.97 Å². The fourth-order valence-electron chi connectivity index (χ4n) is 2.72. The molecule has 0 amide bonds. The van der Waals surface area contributed by atoms with E-state index in [2.05, 4.69) is 17.0 Å². The second kappa shape index (κ2) is 4.56. The van der Waals surface area contributed by atoms with E-state index in [1.165, 1.54) is 5.56 Å². The highest BCUT2D eigenvalue weighted by Gasteiger charge is 2.22. The maximum atomic E-state index is 11.3. The molecule has 102 valence electrons. The van der Waals surface area contributed by atoms with Gasteiger partial charge in [0.1, 0.15) is 0 Å². The van der Waals surface area contributed by atoms with Crippen LogP contribution in [0.4, 0.5) is 17.1 Å². The molecule has 3 rings (SSSR count). The zero-order chi connectivity index (χ0) is 14.3. The number of anilines is 3. The molecule has 0 aliphatic carbocycles. The second-order valence-electron chi connectivity index (χ2n) is 5.06. The molecule has 1 aliphatic heterocycles. The molecule has 0 saturated carbocycles. The topological polar surface area (TPSA) is 66.6 Å². The van der Waals surface area contributed by atoms with E-state index < -0.39 is 5.97 Å². The van der Waals surface area contributed by atoms with Gasteiger partial charge in [0.15, 0.2) is 0 Å². The molecule has 1 aliphatic rings. The lowest BCUT2D eigenvalue weighted by atomic mass is 10.1. The molecule has 0 atom stereocenters. The van der Waals surface area contributed by atoms with Gasteiger partial charge in [-0.1, -0.05) is 18.2 Å². The van der Waals surface area contributed by atoms with Crippen LogP contribution in [0.5, 0.6) is 0 Å². The van der Waals surface area contributed by atoms with E-state index in [-0.39, 0.29) is 5.56 Å². The van der Waals surface area contributed by atoms with Crippen molar-refractivity contribution in [2.45, 2.75) is 13.3 Å². The van der Waals surface area contributed by atoms with Gasteiger partial charge < -0.3 is 15.7 Å². The van der Waals surface area contributed by atoms with Gasteiger partial charge in [0, 0.05) is 23.6 Å². The van der Waals surface area contributed by atoms with Crippen molar-refractivity contribution >= 4 is 23.0 Å². The molecular weight excluding hydrogens is 252 g/mol. The van der Waals surface area contributed by atoms with Gasteiger partial charge in [-0.25, -0.2) is 4.79 Å². The minimum atomic E-state index is -0.986. The Hall–Kier alpha value is -2.49. The van der Waals surface area contributed by atoms with Crippen LogP contribution in [0.3, 0.4) is 0 Å². The quantitative estimate of drug-likeness (QED) is 0.822. The van der Waals surface area contributed by atoms with E-state index in [1.54, 1.807) is 6.07 Å². The van der Waals surface area contributed by atoms with Crippen LogP contribution in [0, 0.1) is 6.92 Å². The molecule has 0 spiro atoms. The molecule has 2 aromatic carbocycles. The summed E-state index contributed by atoms with van der Waals surface area (Å²) in [5.74, 6) is -0.986. The predicted octanol–water partition coefficient (Wildman–Crippen LogP) is 2.97. The maximum absolute atomic E-state index is 11.3. The number of nitrogen functional groups attached to an aromatic ring is 1. The van der Waals surface area contributed by atoms with Gasteiger partial charge in [-0.15, -0.1) is 0 Å². The number of carboxylic acid groups (broad SMARTS) is 1. The predicted molar refractivity (Wildman–Crippen MR) is 79.7 cm³/mol. The van der Waals surface area contributed by atoms with Gasteiger partial charge in [0.2, 0.25) is 0 Å². The van der Waals surface area contributed by atoms with Crippen LogP contribution in [-0.2, 0) is 6.42 Å². The number of rotatable bonds is 2. The molecule has 0 aromatic heterocycles. The molecule has 4 nitrogen and oxygen atoms in total. The van der Waals surface area contributed by atoms with Gasteiger partial charge in [0.25, 0.3) is 0 Å². The summed E-state index contributed by atoms with van der Waals surface area (Å²) in [5, 5.41) is 9.25. The van der Waals surface area contributed by atoms with Crippen LogP contribution < -0.4 is 10.6 Å². The number of aryl methyl sites for hydroxylation is 1. The van der Waals surface area contributed by atoms with Crippen molar-refractivity contribution in [2.75, 3.05) is 17.2 Å². The molecule has 1 heterocycles. The molecule has 2 aromatic rings. The number of nitrogens with two attached hydrogens (primary N) is 1. The van der Waals surface area contributed by atoms with E-state index in [9.17, 15) is 9.90 Å². The number of fused-ring (bicyclic) bond motifs is 1. The number of nitrogens with zero attached hydrogens (tertiary/aromatic N) is 1. The highest BCUT2D eigenvalue weighted by Crippen LogP contribution is 2.36. The summed E-state index contributed by atoms with van der Waals surface area (Å²) in [6.45, 7) is 2.70.